The molecular formula is C39H50ClN5O8S. The Morgan fingerprint density at radius 1 is 1.15 bits per heavy atom. The molecule has 4 amide bonds. The zero-order valence-electron chi connectivity index (χ0n) is 31.3. The Kier molecular flexibility index (Phi) is 10.2. The lowest BCUT2D eigenvalue weighted by Crippen LogP contribution is -2.58. The molecule has 1 aromatic carbocycles. The Bertz CT molecular complexity index is 2020. The van der Waals surface area contributed by atoms with Gasteiger partial charge in [0.15, 0.2) is 0 Å². The number of carbonyl (C=O) groups is 4. The molecule has 15 heteroatoms. The van der Waals surface area contributed by atoms with Crippen LogP contribution in [-0.4, -0.2) is 83.2 Å². The maximum Gasteiger partial charge on any atom is 0.407 e. The van der Waals surface area contributed by atoms with Gasteiger partial charge in [0, 0.05) is 28.3 Å². The number of hydrogen-bond acceptors (Lipinski definition) is 9. The first kappa shape index (κ1) is 38.4. The molecule has 2 aliphatic carbocycles. The lowest BCUT2D eigenvalue weighted by molar-refractivity contribution is -0.141. The van der Waals surface area contributed by atoms with E-state index in [9.17, 15) is 27.6 Å². The van der Waals surface area contributed by atoms with E-state index < -0.39 is 67.7 Å². The van der Waals surface area contributed by atoms with Crippen LogP contribution in [-0.2, 0) is 35.6 Å². The number of rotatable bonds is 6. The largest absolute Gasteiger partial charge is 0.483 e. The average molecular weight is 784 g/mol. The third-order valence-electron chi connectivity index (χ3n) is 11.8. The van der Waals surface area contributed by atoms with E-state index in [1.54, 1.807) is 13.0 Å². The summed E-state index contributed by atoms with van der Waals surface area (Å²) in [4.78, 5) is 62.4. The predicted molar refractivity (Wildman–Crippen MR) is 202 cm³/mol. The number of carbonyl (C=O) groups excluding carboxylic acids is 4. The number of nitrogens with zero attached hydrogens (tertiary/aromatic N) is 2. The molecule has 5 aliphatic rings. The Labute approximate surface area is 321 Å². The lowest BCUT2D eigenvalue weighted by Gasteiger charge is -2.36. The fraction of sp³-hybridized carbons (Fsp3) is 0.615. The topological polar surface area (TPSA) is 173 Å². The van der Waals surface area contributed by atoms with Gasteiger partial charge in [0.25, 0.3) is 5.91 Å². The molecule has 292 valence electrons. The summed E-state index contributed by atoms with van der Waals surface area (Å²) in [7, 11) is -3.98. The Hall–Kier alpha value is -3.91. The number of amides is 4. The van der Waals surface area contributed by atoms with Crippen molar-refractivity contribution in [1.29, 1.82) is 0 Å². The molecular weight excluding hydrogens is 734 g/mol. The third kappa shape index (κ3) is 7.39. The van der Waals surface area contributed by atoms with Crippen molar-refractivity contribution in [3.8, 4) is 5.75 Å². The van der Waals surface area contributed by atoms with Crippen molar-refractivity contribution in [2.75, 3.05) is 13.2 Å². The summed E-state index contributed by atoms with van der Waals surface area (Å²) in [5.41, 5.74) is -0.0864. The molecule has 0 unspecified atom stereocenters. The molecule has 1 saturated heterocycles. The van der Waals surface area contributed by atoms with E-state index in [1.165, 1.54) is 4.90 Å². The molecule has 5 atom stereocenters. The molecule has 0 bridgehead atoms. The van der Waals surface area contributed by atoms with E-state index in [4.69, 9.17) is 26.1 Å². The summed E-state index contributed by atoms with van der Waals surface area (Å²) in [6.45, 7) is 7.52. The number of fused-ring (bicyclic) bond motifs is 5. The van der Waals surface area contributed by atoms with Crippen molar-refractivity contribution in [1.82, 2.24) is 25.2 Å². The normalized spacial score (nSPS) is 29.8. The summed E-state index contributed by atoms with van der Waals surface area (Å²) >= 11 is 6.38. The average Bonchev–Trinajstić information content (AvgIpc) is 4.01. The maximum atomic E-state index is 14.7. The number of alkyl carbamates (subject to hydrolysis) is 1. The number of halogens is 1. The molecule has 2 aromatic rings. The van der Waals surface area contributed by atoms with Gasteiger partial charge in [0.05, 0.1) is 29.1 Å². The van der Waals surface area contributed by atoms with Crippen LogP contribution in [0, 0.1) is 18.8 Å². The first-order valence-corrected chi connectivity index (χ1v) is 21.0. The predicted octanol–water partition coefficient (Wildman–Crippen LogP) is 5.01. The Balaban J connectivity index is 1.23. The second kappa shape index (κ2) is 14.3. The van der Waals surface area contributed by atoms with Crippen LogP contribution < -0.4 is 20.1 Å². The van der Waals surface area contributed by atoms with Crippen LogP contribution in [0.2, 0.25) is 5.02 Å². The second-order valence-corrected chi connectivity index (χ2v) is 19.2. The molecule has 7 rings (SSSR count). The van der Waals surface area contributed by atoms with Gasteiger partial charge in [-0.1, -0.05) is 50.4 Å². The molecule has 1 aromatic heterocycles. The summed E-state index contributed by atoms with van der Waals surface area (Å²) in [5, 5.41) is 7.17. The Morgan fingerprint density at radius 2 is 1.93 bits per heavy atom. The monoisotopic (exact) mass is 783 g/mol. The zero-order valence-corrected chi connectivity index (χ0v) is 32.9. The van der Waals surface area contributed by atoms with E-state index in [0.717, 1.165) is 29.3 Å². The second-order valence-electron chi connectivity index (χ2n) is 16.5. The molecule has 13 nitrogen and oxygen atoms in total. The number of ether oxygens (including phenoxy) is 2. The molecule has 3 N–H and O–H groups in total. The van der Waals surface area contributed by atoms with Crippen molar-refractivity contribution < 1.29 is 37.1 Å². The fourth-order valence-corrected chi connectivity index (χ4v) is 9.57. The van der Waals surface area contributed by atoms with E-state index in [1.807, 2.05) is 45.1 Å². The number of nitrogens with one attached hydrogen (secondary N) is 3. The fourth-order valence-electron chi connectivity index (χ4n) is 8.09. The van der Waals surface area contributed by atoms with Crippen molar-refractivity contribution in [3.05, 3.63) is 46.6 Å². The minimum atomic E-state index is -3.98. The summed E-state index contributed by atoms with van der Waals surface area (Å²) in [6.07, 6.45) is 8.65. The van der Waals surface area contributed by atoms with Crippen LogP contribution in [0.25, 0.3) is 10.9 Å². The van der Waals surface area contributed by atoms with E-state index in [2.05, 4.69) is 15.4 Å². The first-order valence-electron chi connectivity index (χ1n) is 19.1. The van der Waals surface area contributed by atoms with Crippen LogP contribution in [0.1, 0.15) is 96.2 Å². The standard InChI is InChI=1S/C39H50ClN5O8S/c1-23(2)21-52-36(49)42-30-11-9-7-5-6-8-10-25-19-39(25,35(48)44-54(50,51)37(4)16-17-37)43-33(46)31-20-38(22-45(31)34(30)47)15-14-27-28-18-26(40)12-13-29(28)41-24(3)32(27)53-38/h8,10,12-13,18,23,25,30-31H,5-7,9,11,14-17,19-22H2,1-4H3,(H,42,49)(H,43,46)(H,44,48)/b10-8-/t25-,30+,31+,38-,39-/m1/s1. The lowest BCUT2D eigenvalue weighted by atomic mass is 9.87. The maximum absolute atomic E-state index is 14.7. The smallest absolute Gasteiger partial charge is 0.407 e. The van der Waals surface area contributed by atoms with Crippen molar-refractivity contribution >= 4 is 56.3 Å². The minimum Gasteiger partial charge on any atom is -0.483 e. The number of aryl methyl sites for hydroxylation is 2. The van der Waals surface area contributed by atoms with Crippen molar-refractivity contribution in [3.63, 3.8) is 0 Å². The molecule has 2 saturated carbocycles. The van der Waals surface area contributed by atoms with Crippen LogP contribution in [0.15, 0.2) is 30.4 Å². The highest BCUT2D eigenvalue weighted by Gasteiger charge is 2.64. The van der Waals surface area contributed by atoms with Gasteiger partial charge in [0.1, 0.15) is 29.0 Å². The third-order valence-corrected chi connectivity index (χ3v) is 14.2. The Morgan fingerprint density at radius 3 is 2.67 bits per heavy atom. The molecule has 3 fully saturated rings. The number of pyridine rings is 1. The first-order chi connectivity index (χ1) is 25.6. The van der Waals surface area contributed by atoms with Gasteiger partial charge in [-0.3, -0.25) is 19.1 Å². The van der Waals surface area contributed by atoms with Gasteiger partial charge in [-0.2, -0.15) is 0 Å². The zero-order chi connectivity index (χ0) is 38.6. The number of allylic oxidation sites excluding steroid dienone is 1. The summed E-state index contributed by atoms with van der Waals surface area (Å²) < 4.78 is 39.9. The van der Waals surface area contributed by atoms with Crippen LogP contribution in [0.5, 0.6) is 5.75 Å². The van der Waals surface area contributed by atoms with Gasteiger partial charge in [-0.15, -0.1) is 0 Å². The summed E-state index contributed by atoms with van der Waals surface area (Å²) in [5.74, 6) is -1.58. The number of hydrogen-bond donors (Lipinski definition) is 3. The van der Waals surface area contributed by atoms with Gasteiger partial charge in [-0.25, -0.2) is 18.2 Å². The molecule has 3 aliphatic heterocycles. The van der Waals surface area contributed by atoms with E-state index in [-0.39, 0.29) is 31.9 Å². The van der Waals surface area contributed by atoms with Crippen LogP contribution >= 0.6 is 11.6 Å². The van der Waals surface area contributed by atoms with Crippen LogP contribution in [0.3, 0.4) is 0 Å². The van der Waals surface area contributed by atoms with E-state index >= 15 is 0 Å². The van der Waals surface area contributed by atoms with Crippen molar-refractivity contribution in [2.45, 2.75) is 126 Å². The number of benzene rings is 1. The van der Waals surface area contributed by atoms with Gasteiger partial charge in [0.2, 0.25) is 21.8 Å². The van der Waals surface area contributed by atoms with E-state index in [0.29, 0.717) is 61.4 Å². The molecule has 1 spiro atoms. The van der Waals surface area contributed by atoms with Gasteiger partial charge in [-0.05, 0) is 89.3 Å². The molecule has 0 radical (unpaired) electrons. The molecule has 54 heavy (non-hydrogen) atoms. The van der Waals surface area contributed by atoms with Gasteiger partial charge < -0.3 is 25.0 Å². The van der Waals surface area contributed by atoms with Gasteiger partial charge >= 0.3 is 6.09 Å². The van der Waals surface area contributed by atoms with Crippen molar-refractivity contribution in [2.24, 2.45) is 11.8 Å². The SMILES string of the molecule is Cc1nc2ccc(Cl)cc2c2c1O[C@]1(CC2)C[C@H]2C(=O)N[C@]3(C(=O)NS(=O)(=O)C4(C)CC4)C[C@H]3/C=C\CCCCC[C@H](NC(=O)OCC(C)C)C(=O)N2C1. The quantitative estimate of drug-likeness (QED) is 0.341. The molecule has 4 heterocycles. The highest BCUT2D eigenvalue weighted by Crippen LogP contribution is 2.49. The summed E-state index contributed by atoms with van der Waals surface area (Å²) in [6, 6.07) is 3.46. The highest BCUT2D eigenvalue weighted by atomic mass is 35.5. The number of aromatic nitrogens is 1. The number of sulfonamides is 1. The highest BCUT2D eigenvalue weighted by molar-refractivity contribution is 7.91. The van der Waals surface area contributed by atoms with Crippen LogP contribution in [0.4, 0.5) is 4.79 Å². The minimum absolute atomic E-state index is 0.0465.